The van der Waals surface area contributed by atoms with Crippen LogP contribution in [0.4, 0.5) is 11.8 Å². The van der Waals surface area contributed by atoms with Gasteiger partial charge in [-0.2, -0.15) is 9.97 Å². The van der Waals surface area contributed by atoms with E-state index in [1.54, 1.807) is 11.8 Å². The number of hydrogen-bond acceptors (Lipinski definition) is 6. The van der Waals surface area contributed by atoms with Crippen LogP contribution in [0.5, 0.6) is 0 Å². The molecule has 1 aromatic heterocycles. The van der Waals surface area contributed by atoms with E-state index in [9.17, 15) is 0 Å². The minimum atomic E-state index is 0.381. The second kappa shape index (κ2) is 6.58. The number of anilines is 2. The van der Waals surface area contributed by atoms with Crippen LogP contribution in [0.25, 0.3) is 0 Å². The summed E-state index contributed by atoms with van der Waals surface area (Å²) in [5, 5.41) is 7.48. The number of thioether (sulfide) groups is 1. The molecule has 1 unspecified atom stereocenters. The van der Waals surface area contributed by atoms with E-state index in [1.165, 1.54) is 19.3 Å². The SMILES string of the molecule is CSc1c(Cl)nc(N2CCNCC2C)nc1NC1CCC1. The summed E-state index contributed by atoms with van der Waals surface area (Å²) in [4.78, 5) is 12.5. The Bertz CT molecular complexity index is 508. The monoisotopic (exact) mass is 327 g/mol. The molecule has 1 aliphatic heterocycles. The Labute approximate surface area is 135 Å². The highest BCUT2D eigenvalue weighted by Crippen LogP contribution is 2.34. The van der Waals surface area contributed by atoms with Crippen molar-refractivity contribution in [3.8, 4) is 0 Å². The standard InChI is InChI=1S/C14H22ClN5S/c1-9-8-16-6-7-20(9)14-18-12(15)11(21-2)13(19-14)17-10-4-3-5-10/h9-10,16H,3-8H2,1-2H3,(H,17,18,19). The van der Waals surface area contributed by atoms with Crippen LogP contribution in [0.3, 0.4) is 0 Å². The summed E-state index contributed by atoms with van der Waals surface area (Å²) in [5.74, 6) is 1.64. The van der Waals surface area contributed by atoms with Crippen molar-refractivity contribution in [2.45, 2.75) is 43.2 Å². The fraction of sp³-hybridized carbons (Fsp3) is 0.714. The van der Waals surface area contributed by atoms with Crippen molar-refractivity contribution in [2.24, 2.45) is 0 Å². The zero-order valence-electron chi connectivity index (χ0n) is 12.5. The summed E-state index contributed by atoms with van der Waals surface area (Å²) in [6.07, 6.45) is 5.75. The van der Waals surface area contributed by atoms with Gasteiger partial charge < -0.3 is 15.5 Å². The van der Waals surface area contributed by atoms with E-state index in [-0.39, 0.29) is 0 Å². The van der Waals surface area contributed by atoms with Crippen LogP contribution < -0.4 is 15.5 Å². The summed E-state index contributed by atoms with van der Waals surface area (Å²) < 4.78 is 0. The molecule has 1 atom stereocenters. The molecule has 21 heavy (non-hydrogen) atoms. The van der Waals surface area contributed by atoms with Gasteiger partial charge in [0.05, 0.1) is 4.90 Å². The minimum Gasteiger partial charge on any atom is -0.366 e. The first-order valence-corrected chi connectivity index (χ1v) is 9.14. The van der Waals surface area contributed by atoms with Crippen molar-refractivity contribution in [1.82, 2.24) is 15.3 Å². The summed E-state index contributed by atoms with van der Waals surface area (Å²) >= 11 is 8.00. The molecule has 0 bridgehead atoms. The maximum atomic E-state index is 6.39. The van der Waals surface area contributed by atoms with E-state index in [0.717, 1.165) is 36.3 Å². The molecule has 0 spiro atoms. The van der Waals surface area contributed by atoms with Crippen molar-refractivity contribution in [1.29, 1.82) is 0 Å². The number of piperazine rings is 1. The normalized spacial score (nSPS) is 23.0. The molecule has 1 saturated heterocycles. The number of nitrogens with zero attached hydrogens (tertiary/aromatic N) is 3. The molecular weight excluding hydrogens is 306 g/mol. The van der Waals surface area contributed by atoms with Crippen molar-refractivity contribution in [3.05, 3.63) is 5.15 Å². The largest absolute Gasteiger partial charge is 0.366 e. The third-order valence-corrected chi connectivity index (χ3v) is 5.40. The van der Waals surface area contributed by atoms with Crippen LogP contribution >= 0.6 is 23.4 Å². The summed E-state index contributed by atoms with van der Waals surface area (Å²) in [5.41, 5.74) is 0. The van der Waals surface area contributed by atoms with Gasteiger partial charge in [0.2, 0.25) is 5.95 Å². The predicted molar refractivity (Wildman–Crippen MR) is 89.8 cm³/mol. The Hall–Kier alpha value is -0.720. The Kier molecular flexibility index (Phi) is 4.76. The molecule has 0 aromatic carbocycles. The number of hydrogen-bond donors (Lipinski definition) is 2. The molecule has 7 heteroatoms. The van der Waals surface area contributed by atoms with Crippen molar-refractivity contribution in [3.63, 3.8) is 0 Å². The quantitative estimate of drug-likeness (QED) is 0.655. The van der Waals surface area contributed by atoms with Gasteiger partial charge in [-0.25, -0.2) is 0 Å². The topological polar surface area (TPSA) is 53.1 Å². The average molecular weight is 328 g/mol. The highest BCUT2D eigenvalue weighted by Gasteiger charge is 2.25. The van der Waals surface area contributed by atoms with Crippen molar-refractivity contribution in [2.75, 3.05) is 36.1 Å². The Morgan fingerprint density at radius 3 is 2.81 bits per heavy atom. The first-order valence-electron chi connectivity index (χ1n) is 7.54. The average Bonchev–Trinajstić information content (AvgIpc) is 2.43. The van der Waals surface area contributed by atoms with E-state index in [4.69, 9.17) is 16.6 Å². The third kappa shape index (κ3) is 3.22. The first kappa shape index (κ1) is 15.2. The summed E-state index contributed by atoms with van der Waals surface area (Å²) in [7, 11) is 0. The van der Waals surface area contributed by atoms with Crippen LogP contribution in [0.2, 0.25) is 5.15 Å². The van der Waals surface area contributed by atoms with Gasteiger partial charge in [0.25, 0.3) is 0 Å². The van der Waals surface area contributed by atoms with Gasteiger partial charge in [0.15, 0.2) is 0 Å². The molecule has 5 nitrogen and oxygen atoms in total. The minimum absolute atomic E-state index is 0.381. The van der Waals surface area contributed by atoms with Gasteiger partial charge in [-0.1, -0.05) is 11.6 Å². The molecule has 3 rings (SSSR count). The lowest BCUT2D eigenvalue weighted by atomic mass is 9.93. The number of nitrogens with one attached hydrogen (secondary N) is 2. The lowest BCUT2D eigenvalue weighted by Gasteiger charge is -2.35. The third-order valence-electron chi connectivity index (χ3n) is 4.22. The van der Waals surface area contributed by atoms with Crippen LogP contribution in [0, 0.1) is 0 Å². The van der Waals surface area contributed by atoms with Crippen LogP contribution in [0.15, 0.2) is 4.90 Å². The van der Waals surface area contributed by atoms with Crippen LogP contribution in [-0.2, 0) is 0 Å². The fourth-order valence-electron chi connectivity index (χ4n) is 2.70. The van der Waals surface area contributed by atoms with Gasteiger partial charge in [-0.05, 0) is 32.4 Å². The Morgan fingerprint density at radius 1 is 1.38 bits per heavy atom. The van der Waals surface area contributed by atoms with Gasteiger partial charge in [0, 0.05) is 31.7 Å². The Balaban J connectivity index is 1.89. The Morgan fingerprint density at radius 2 is 2.19 bits per heavy atom. The van der Waals surface area contributed by atoms with Gasteiger partial charge in [-0.3, -0.25) is 0 Å². The molecule has 1 aromatic rings. The van der Waals surface area contributed by atoms with Crippen LogP contribution in [-0.4, -0.2) is 47.9 Å². The van der Waals surface area contributed by atoms with Crippen molar-refractivity contribution >= 4 is 35.1 Å². The lowest BCUT2D eigenvalue weighted by Crippen LogP contribution is -2.50. The fourth-order valence-corrected chi connectivity index (χ4v) is 3.61. The van der Waals surface area contributed by atoms with Crippen molar-refractivity contribution < 1.29 is 0 Å². The molecule has 0 radical (unpaired) electrons. The highest BCUT2D eigenvalue weighted by atomic mass is 35.5. The molecule has 2 aliphatic rings. The number of aromatic nitrogens is 2. The van der Waals surface area contributed by atoms with Gasteiger partial charge in [-0.15, -0.1) is 11.8 Å². The molecule has 2 fully saturated rings. The van der Waals surface area contributed by atoms with E-state index in [1.807, 2.05) is 6.26 Å². The molecule has 1 saturated carbocycles. The smallest absolute Gasteiger partial charge is 0.229 e. The van der Waals surface area contributed by atoms with E-state index in [0.29, 0.717) is 17.2 Å². The number of halogens is 1. The summed E-state index contributed by atoms with van der Waals surface area (Å²) in [6, 6.07) is 0.918. The lowest BCUT2D eigenvalue weighted by molar-refractivity contribution is 0.443. The predicted octanol–water partition coefficient (Wildman–Crippen LogP) is 2.61. The molecule has 116 valence electrons. The highest BCUT2D eigenvalue weighted by molar-refractivity contribution is 7.98. The van der Waals surface area contributed by atoms with E-state index >= 15 is 0 Å². The molecule has 0 amide bonds. The molecule has 1 aliphatic carbocycles. The molecular formula is C14H22ClN5S. The molecule has 2 heterocycles. The molecule has 2 N–H and O–H groups in total. The van der Waals surface area contributed by atoms with E-state index < -0.39 is 0 Å². The van der Waals surface area contributed by atoms with Gasteiger partial charge >= 0.3 is 0 Å². The summed E-state index contributed by atoms with van der Waals surface area (Å²) in [6.45, 7) is 5.02. The zero-order chi connectivity index (χ0) is 14.8. The van der Waals surface area contributed by atoms with Gasteiger partial charge in [0.1, 0.15) is 11.0 Å². The second-order valence-corrected chi connectivity index (χ2v) is 6.89. The zero-order valence-corrected chi connectivity index (χ0v) is 14.1. The number of rotatable bonds is 4. The maximum absolute atomic E-state index is 6.39. The van der Waals surface area contributed by atoms with Crippen LogP contribution in [0.1, 0.15) is 26.2 Å². The maximum Gasteiger partial charge on any atom is 0.229 e. The first-order chi connectivity index (χ1) is 10.2. The second-order valence-electron chi connectivity index (χ2n) is 5.71. The van der Waals surface area contributed by atoms with E-state index in [2.05, 4.69) is 27.4 Å².